The maximum absolute atomic E-state index is 4.79. The van der Waals surface area contributed by atoms with Gasteiger partial charge < -0.3 is 16.0 Å². The van der Waals surface area contributed by atoms with Gasteiger partial charge in [-0.05, 0) is 23.8 Å². The van der Waals surface area contributed by atoms with Crippen molar-refractivity contribution < 1.29 is 0 Å². The van der Waals surface area contributed by atoms with Crippen LogP contribution in [0.15, 0.2) is 88.9 Å². The summed E-state index contributed by atoms with van der Waals surface area (Å²) in [6.45, 7) is 0.736. The number of hydrogen-bond donors (Lipinski definition) is 3. The summed E-state index contributed by atoms with van der Waals surface area (Å²) >= 11 is 0. The van der Waals surface area contributed by atoms with Gasteiger partial charge >= 0.3 is 0 Å². The number of likely N-dealkylation sites (N-methyl/N-ethyl adjacent to an activating group) is 2. The van der Waals surface area contributed by atoms with Crippen LogP contribution in [-0.2, 0) is 0 Å². The van der Waals surface area contributed by atoms with Gasteiger partial charge in [-0.25, -0.2) is 0 Å². The Morgan fingerprint density at radius 2 is 1.56 bits per heavy atom. The van der Waals surface area contributed by atoms with E-state index in [4.69, 9.17) is 5.10 Å². The molecule has 0 saturated heterocycles. The number of hydrazone groups is 1. The third-order valence-electron chi connectivity index (χ3n) is 4.64. The van der Waals surface area contributed by atoms with Crippen LogP contribution in [0.25, 0.3) is 0 Å². The van der Waals surface area contributed by atoms with Gasteiger partial charge in [0, 0.05) is 32.8 Å². The average molecular weight is 361 g/mol. The summed E-state index contributed by atoms with van der Waals surface area (Å²) in [5.41, 5.74) is 5.52. The molecule has 1 unspecified atom stereocenters. The lowest BCUT2D eigenvalue weighted by Crippen LogP contribution is -2.29. The normalized spacial score (nSPS) is 16.4. The molecule has 0 aliphatic heterocycles. The van der Waals surface area contributed by atoms with Crippen molar-refractivity contribution in [2.75, 3.05) is 32.7 Å². The quantitative estimate of drug-likeness (QED) is 0.500. The van der Waals surface area contributed by atoms with E-state index in [0.29, 0.717) is 0 Å². The molecule has 1 atom stereocenters. The zero-order chi connectivity index (χ0) is 19.1. The van der Waals surface area contributed by atoms with Crippen molar-refractivity contribution in [3.63, 3.8) is 0 Å². The Morgan fingerprint density at radius 3 is 2.15 bits per heavy atom. The van der Waals surface area contributed by atoms with Crippen LogP contribution in [0.5, 0.6) is 0 Å². The zero-order valence-electron chi connectivity index (χ0n) is 16.1. The molecule has 1 aliphatic rings. The van der Waals surface area contributed by atoms with Crippen molar-refractivity contribution in [2.45, 2.75) is 0 Å². The fraction of sp³-hybridized carbons (Fsp3) is 0.227. The molecule has 3 rings (SSSR count). The Kier molecular flexibility index (Phi) is 6.15. The number of benzene rings is 2. The molecule has 0 aromatic heterocycles. The summed E-state index contributed by atoms with van der Waals surface area (Å²) in [7, 11) is 5.86. The predicted octanol–water partition coefficient (Wildman–Crippen LogP) is 2.91. The molecule has 3 N–H and O–H groups in total. The van der Waals surface area contributed by atoms with Gasteiger partial charge in [-0.15, -0.1) is 0 Å². The van der Waals surface area contributed by atoms with E-state index >= 15 is 0 Å². The van der Waals surface area contributed by atoms with Gasteiger partial charge in [0.25, 0.3) is 0 Å². The van der Waals surface area contributed by atoms with E-state index in [2.05, 4.69) is 51.3 Å². The van der Waals surface area contributed by atoms with Gasteiger partial charge in [0.05, 0.1) is 29.8 Å². The molecule has 1 aliphatic carbocycles. The number of para-hydroxylation sites is 1. The largest absolute Gasteiger partial charge is 0.389 e. The highest BCUT2D eigenvalue weighted by atomic mass is 15.4. The molecule has 2 aromatic rings. The molecule has 2 aromatic carbocycles. The number of anilines is 1. The van der Waals surface area contributed by atoms with Crippen molar-refractivity contribution in [3.05, 3.63) is 89.4 Å². The van der Waals surface area contributed by atoms with Gasteiger partial charge in [0.1, 0.15) is 0 Å². The second kappa shape index (κ2) is 8.94. The van der Waals surface area contributed by atoms with E-state index in [0.717, 1.165) is 34.9 Å². The second-order valence-electron chi connectivity index (χ2n) is 6.30. The zero-order valence-corrected chi connectivity index (χ0v) is 16.1. The van der Waals surface area contributed by atoms with Crippen molar-refractivity contribution >= 4 is 11.9 Å². The maximum Gasteiger partial charge on any atom is 0.0769 e. The van der Waals surface area contributed by atoms with Crippen LogP contribution in [0.4, 0.5) is 5.69 Å². The average Bonchev–Trinajstić information content (AvgIpc) is 3.08. The molecule has 0 saturated carbocycles. The molecule has 0 amide bonds. The first-order valence-electron chi connectivity index (χ1n) is 9.18. The Bertz CT molecular complexity index is 824. The minimum Gasteiger partial charge on any atom is -0.389 e. The summed E-state index contributed by atoms with van der Waals surface area (Å²) in [4.78, 5) is 0. The fourth-order valence-corrected chi connectivity index (χ4v) is 3.31. The first-order valence-corrected chi connectivity index (χ1v) is 9.18. The van der Waals surface area contributed by atoms with Crippen LogP contribution < -0.4 is 21.0 Å². The van der Waals surface area contributed by atoms with E-state index < -0.39 is 0 Å². The standard InChI is InChI=1S/C22H27N5/c1-23-20-14-18(21(24-2)22(20)25-3)16-27(19-12-8-5-9-13-19)26-15-17-10-6-4-7-11-17/h4-15,18,23-25H,16H2,1-3H3. The van der Waals surface area contributed by atoms with E-state index in [9.17, 15) is 0 Å². The molecule has 140 valence electrons. The van der Waals surface area contributed by atoms with Crippen LogP contribution in [-0.4, -0.2) is 33.9 Å². The third-order valence-corrected chi connectivity index (χ3v) is 4.64. The summed E-state index contributed by atoms with van der Waals surface area (Å²) in [5, 5.41) is 16.8. The van der Waals surface area contributed by atoms with Gasteiger partial charge in [0.15, 0.2) is 0 Å². The minimum absolute atomic E-state index is 0.202. The van der Waals surface area contributed by atoms with Crippen LogP contribution in [0.3, 0.4) is 0 Å². The Morgan fingerprint density at radius 1 is 0.889 bits per heavy atom. The molecule has 0 bridgehead atoms. The summed E-state index contributed by atoms with van der Waals surface area (Å²) in [5.74, 6) is 0.202. The Hall–Kier alpha value is -3.21. The van der Waals surface area contributed by atoms with Crippen molar-refractivity contribution in [1.29, 1.82) is 0 Å². The van der Waals surface area contributed by atoms with Crippen LogP contribution >= 0.6 is 0 Å². The summed E-state index contributed by atoms with van der Waals surface area (Å²) in [6.07, 6.45) is 4.15. The lowest BCUT2D eigenvalue weighted by Gasteiger charge is -2.24. The van der Waals surface area contributed by atoms with E-state index in [1.165, 1.54) is 0 Å². The van der Waals surface area contributed by atoms with Crippen molar-refractivity contribution in [2.24, 2.45) is 11.0 Å². The maximum atomic E-state index is 4.79. The summed E-state index contributed by atoms with van der Waals surface area (Å²) < 4.78 is 0. The van der Waals surface area contributed by atoms with Crippen LogP contribution in [0.1, 0.15) is 5.56 Å². The highest BCUT2D eigenvalue weighted by Gasteiger charge is 2.26. The molecular weight excluding hydrogens is 334 g/mol. The first-order chi connectivity index (χ1) is 13.3. The lowest BCUT2D eigenvalue weighted by atomic mass is 10.1. The van der Waals surface area contributed by atoms with E-state index in [1.54, 1.807) is 0 Å². The molecular formula is C22H27N5. The lowest BCUT2D eigenvalue weighted by molar-refractivity contribution is 0.664. The molecule has 0 spiro atoms. The highest BCUT2D eigenvalue weighted by molar-refractivity contribution is 5.80. The molecule has 0 radical (unpaired) electrons. The van der Waals surface area contributed by atoms with Crippen molar-refractivity contribution in [3.8, 4) is 0 Å². The molecule has 27 heavy (non-hydrogen) atoms. The van der Waals surface area contributed by atoms with Crippen molar-refractivity contribution in [1.82, 2.24) is 16.0 Å². The minimum atomic E-state index is 0.202. The molecule has 0 heterocycles. The van der Waals surface area contributed by atoms with Crippen LogP contribution in [0, 0.1) is 5.92 Å². The van der Waals surface area contributed by atoms with E-state index in [-0.39, 0.29) is 5.92 Å². The summed E-state index contributed by atoms with van der Waals surface area (Å²) in [6, 6.07) is 20.4. The Balaban J connectivity index is 1.89. The number of hydrogen-bond acceptors (Lipinski definition) is 5. The Labute approximate surface area is 161 Å². The fourth-order valence-electron chi connectivity index (χ4n) is 3.31. The number of nitrogens with one attached hydrogen (secondary N) is 3. The molecule has 5 heteroatoms. The highest BCUT2D eigenvalue weighted by Crippen LogP contribution is 2.28. The van der Waals surface area contributed by atoms with E-state index in [1.807, 2.05) is 63.8 Å². The first kappa shape index (κ1) is 18.6. The third kappa shape index (κ3) is 4.31. The molecule has 0 fully saturated rings. The van der Waals surface area contributed by atoms with Gasteiger partial charge in [-0.3, -0.25) is 5.01 Å². The number of nitrogens with zero attached hydrogens (tertiary/aromatic N) is 2. The van der Waals surface area contributed by atoms with Gasteiger partial charge in [-0.1, -0.05) is 48.5 Å². The topological polar surface area (TPSA) is 51.7 Å². The SMILES string of the molecule is CNC1=CC(CN(N=Cc2ccccc2)c2ccccc2)C(NC)=C1NC. The molecule has 5 nitrogen and oxygen atoms in total. The smallest absolute Gasteiger partial charge is 0.0769 e. The van der Waals surface area contributed by atoms with Gasteiger partial charge in [0.2, 0.25) is 0 Å². The van der Waals surface area contributed by atoms with Crippen LogP contribution in [0.2, 0.25) is 0 Å². The second-order valence-corrected chi connectivity index (χ2v) is 6.30. The number of rotatable bonds is 8. The monoisotopic (exact) mass is 361 g/mol. The van der Waals surface area contributed by atoms with Gasteiger partial charge in [-0.2, -0.15) is 5.10 Å². The predicted molar refractivity (Wildman–Crippen MR) is 114 cm³/mol.